The van der Waals surface area contributed by atoms with Gasteiger partial charge in [-0.3, -0.25) is 4.99 Å². The predicted octanol–water partition coefficient (Wildman–Crippen LogP) is 3.44. The first kappa shape index (κ1) is 23.0. The number of aliphatic imine (C=N–C) groups is 1. The van der Waals surface area contributed by atoms with Crippen LogP contribution in [-0.2, 0) is 4.74 Å². The molecule has 0 atom stereocenters. The van der Waals surface area contributed by atoms with Crippen molar-refractivity contribution in [3.8, 4) is 0 Å². The Hall–Kier alpha value is -1.02. The fraction of sp³-hybridized carbons (Fsp3) is 0.650. The molecule has 0 aromatic heterocycles. The van der Waals surface area contributed by atoms with Gasteiger partial charge in [-0.1, -0.05) is 12.1 Å². The van der Waals surface area contributed by atoms with Gasteiger partial charge in [0.15, 0.2) is 5.96 Å². The lowest BCUT2D eigenvalue weighted by Gasteiger charge is -2.38. The van der Waals surface area contributed by atoms with Gasteiger partial charge in [0.05, 0.1) is 0 Å². The van der Waals surface area contributed by atoms with Gasteiger partial charge in [-0.2, -0.15) is 0 Å². The van der Waals surface area contributed by atoms with E-state index in [-0.39, 0.29) is 24.0 Å². The van der Waals surface area contributed by atoms with E-state index in [0.29, 0.717) is 0 Å². The number of halogens is 1. The molecule has 1 fully saturated rings. The summed E-state index contributed by atoms with van der Waals surface area (Å²) in [4.78, 5) is 9.33. The van der Waals surface area contributed by atoms with Gasteiger partial charge in [0.1, 0.15) is 0 Å². The molecule has 0 saturated carbocycles. The number of aryl methyl sites for hydroxylation is 1. The lowest BCUT2D eigenvalue weighted by atomic mass is 10.1. The number of ether oxygens (including phenoxy) is 1. The van der Waals surface area contributed by atoms with Crippen molar-refractivity contribution in [2.45, 2.75) is 33.1 Å². The first-order valence-corrected chi connectivity index (χ1v) is 9.43. The van der Waals surface area contributed by atoms with Crippen molar-refractivity contribution in [1.82, 2.24) is 10.2 Å². The van der Waals surface area contributed by atoms with Crippen LogP contribution in [0.5, 0.6) is 0 Å². The minimum Gasteiger partial charge on any atom is -0.385 e. The highest BCUT2D eigenvalue weighted by Gasteiger charge is 2.20. The van der Waals surface area contributed by atoms with Crippen molar-refractivity contribution >= 4 is 35.6 Å². The summed E-state index contributed by atoms with van der Waals surface area (Å²) in [6.07, 6.45) is 3.48. The number of hydrogen-bond acceptors (Lipinski definition) is 3. The molecule has 5 nitrogen and oxygen atoms in total. The van der Waals surface area contributed by atoms with Crippen molar-refractivity contribution in [2.24, 2.45) is 4.99 Å². The quantitative estimate of drug-likeness (QED) is 0.285. The van der Waals surface area contributed by atoms with Crippen LogP contribution in [0.1, 0.15) is 30.4 Å². The second-order valence-electron chi connectivity index (χ2n) is 6.72. The van der Waals surface area contributed by atoms with Crippen LogP contribution in [0, 0.1) is 13.8 Å². The molecule has 1 heterocycles. The van der Waals surface area contributed by atoms with Gasteiger partial charge < -0.3 is 19.9 Å². The summed E-state index contributed by atoms with van der Waals surface area (Å²) < 4.78 is 5.09. The van der Waals surface area contributed by atoms with Crippen molar-refractivity contribution in [2.75, 3.05) is 58.4 Å². The molecule has 148 valence electrons. The van der Waals surface area contributed by atoms with E-state index in [2.05, 4.69) is 52.2 Å². The Balaban J connectivity index is 0.00000338. The molecule has 1 aromatic rings. The Morgan fingerprint density at radius 2 is 1.85 bits per heavy atom. The van der Waals surface area contributed by atoms with Crippen LogP contribution >= 0.6 is 24.0 Å². The molecule has 6 heteroatoms. The summed E-state index contributed by atoms with van der Waals surface area (Å²) in [7, 11) is 3.64. The Kier molecular flexibility index (Phi) is 11.0. The first-order valence-electron chi connectivity index (χ1n) is 9.43. The number of unbranched alkanes of at least 4 members (excludes halogenated alkanes) is 2. The number of nitrogens with zero attached hydrogens (tertiary/aromatic N) is 3. The van der Waals surface area contributed by atoms with E-state index in [0.717, 1.165) is 58.1 Å². The fourth-order valence-corrected chi connectivity index (χ4v) is 3.32. The van der Waals surface area contributed by atoms with Crippen LogP contribution in [0.4, 0.5) is 5.69 Å². The van der Waals surface area contributed by atoms with Gasteiger partial charge in [-0.05, 0) is 50.3 Å². The molecule has 1 aromatic carbocycles. The monoisotopic (exact) mass is 474 g/mol. The minimum absolute atomic E-state index is 0. The number of anilines is 1. The molecular weight excluding hydrogens is 439 g/mol. The molecule has 0 radical (unpaired) electrons. The Morgan fingerprint density at radius 3 is 2.50 bits per heavy atom. The number of benzene rings is 1. The van der Waals surface area contributed by atoms with Gasteiger partial charge in [0.2, 0.25) is 0 Å². The van der Waals surface area contributed by atoms with Crippen LogP contribution < -0.4 is 10.2 Å². The summed E-state index contributed by atoms with van der Waals surface area (Å²) in [5, 5.41) is 3.51. The smallest absolute Gasteiger partial charge is 0.193 e. The highest BCUT2D eigenvalue weighted by molar-refractivity contribution is 14.0. The summed E-state index contributed by atoms with van der Waals surface area (Å²) in [5.74, 6) is 1.03. The molecule has 2 rings (SSSR count). The Morgan fingerprint density at radius 1 is 1.12 bits per heavy atom. The zero-order valence-electron chi connectivity index (χ0n) is 16.8. The maximum absolute atomic E-state index is 5.09. The van der Waals surface area contributed by atoms with E-state index in [1.54, 1.807) is 7.11 Å². The van der Waals surface area contributed by atoms with E-state index in [4.69, 9.17) is 4.74 Å². The van der Waals surface area contributed by atoms with Crippen molar-refractivity contribution in [1.29, 1.82) is 0 Å². The SMILES string of the molecule is CN=C(NCCCCCOC)N1CCN(c2cccc(C)c2C)CC1.I. The van der Waals surface area contributed by atoms with E-state index in [9.17, 15) is 0 Å². The molecule has 0 amide bonds. The molecule has 1 N–H and O–H groups in total. The number of methoxy groups -OCH3 is 1. The maximum atomic E-state index is 5.09. The van der Waals surface area contributed by atoms with Crippen LogP contribution in [0.25, 0.3) is 0 Å². The Labute approximate surface area is 176 Å². The average molecular weight is 474 g/mol. The van der Waals surface area contributed by atoms with Gasteiger partial charge in [-0.25, -0.2) is 0 Å². The standard InChI is InChI=1S/C20H34N4O.HI/c1-17-9-8-10-19(18(17)2)23-12-14-24(15-13-23)20(21-3)22-11-6-5-7-16-25-4;/h8-10H,5-7,11-16H2,1-4H3,(H,21,22);1H. The number of rotatable bonds is 7. The average Bonchev–Trinajstić information content (AvgIpc) is 2.64. The lowest BCUT2D eigenvalue weighted by Crippen LogP contribution is -2.52. The van der Waals surface area contributed by atoms with Crippen molar-refractivity contribution < 1.29 is 4.74 Å². The maximum Gasteiger partial charge on any atom is 0.193 e. The highest BCUT2D eigenvalue weighted by Crippen LogP contribution is 2.23. The molecule has 0 aliphatic carbocycles. The zero-order valence-corrected chi connectivity index (χ0v) is 19.1. The van der Waals surface area contributed by atoms with Gasteiger partial charge >= 0.3 is 0 Å². The molecular formula is C20H35IN4O. The minimum atomic E-state index is 0. The number of guanidine groups is 1. The molecule has 0 spiro atoms. The highest BCUT2D eigenvalue weighted by atomic mass is 127. The summed E-state index contributed by atoms with van der Waals surface area (Å²) in [6, 6.07) is 6.59. The third-order valence-electron chi connectivity index (χ3n) is 5.02. The zero-order chi connectivity index (χ0) is 18.1. The van der Waals surface area contributed by atoms with Crippen molar-refractivity contribution in [3.63, 3.8) is 0 Å². The predicted molar refractivity (Wildman–Crippen MR) is 122 cm³/mol. The van der Waals surface area contributed by atoms with Crippen LogP contribution in [0.3, 0.4) is 0 Å². The van der Waals surface area contributed by atoms with Gasteiger partial charge in [0, 0.05) is 59.2 Å². The second-order valence-corrected chi connectivity index (χ2v) is 6.72. The lowest BCUT2D eigenvalue weighted by molar-refractivity contribution is 0.192. The third-order valence-corrected chi connectivity index (χ3v) is 5.02. The van der Waals surface area contributed by atoms with Crippen LogP contribution in [-0.4, -0.2) is 64.3 Å². The molecule has 26 heavy (non-hydrogen) atoms. The second kappa shape index (κ2) is 12.4. The summed E-state index contributed by atoms with van der Waals surface area (Å²) >= 11 is 0. The van der Waals surface area contributed by atoms with Crippen LogP contribution in [0.15, 0.2) is 23.2 Å². The molecule has 1 aliphatic heterocycles. The number of nitrogens with one attached hydrogen (secondary N) is 1. The van der Waals surface area contributed by atoms with E-state index in [1.165, 1.54) is 23.2 Å². The molecule has 0 unspecified atom stereocenters. The van der Waals surface area contributed by atoms with E-state index in [1.807, 2.05) is 7.05 Å². The van der Waals surface area contributed by atoms with E-state index < -0.39 is 0 Å². The number of piperazine rings is 1. The molecule has 0 bridgehead atoms. The molecule has 1 aliphatic rings. The number of hydrogen-bond donors (Lipinski definition) is 1. The largest absolute Gasteiger partial charge is 0.385 e. The molecule has 1 saturated heterocycles. The fourth-order valence-electron chi connectivity index (χ4n) is 3.32. The van der Waals surface area contributed by atoms with Gasteiger partial charge in [0.25, 0.3) is 0 Å². The van der Waals surface area contributed by atoms with E-state index >= 15 is 0 Å². The topological polar surface area (TPSA) is 40.1 Å². The van der Waals surface area contributed by atoms with Crippen LogP contribution in [0.2, 0.25) is 0 Å². The van der Waals surface area contributed by atoms with Gasteiger partial charge in [-0.15, -0.1) is 24.0 Å². The first-order chi connectivity index (χ1) is 12.2. The Bertz CT molecular complexity index is 557. The summed E-state index contributed by atoms with van der Waals surface area (Å²) in [5.41, 5.74) is 4.14. The normalized spacial score (nSPS) is 15.0. The summed E-state index contributed by atoms with van der Waals surface area (Å²) in [6.45, 7) is 10.3. The van der Waals surface area contributed by atoms with Crippen molar-refractivity contribution in [3.05, 3.63) is 29.3 Å². The third kappa shape index (κ3) is 6.61.